The number of nitrogens with zero attached hydrogens (tertiary/aromatic N) is 2. The maximum absolute atomic E-state index is 12.3. The summed E-state index contributed by atoms with van der Waals surface area (Å²) in [6, 6.07) is 0. The summed E-state index contributed by atoms with van der Waals surface area (Å²) in [6.07, 6.45) is 5.80. The van der Waals surface area contributed by atoms with E-state index in [9.17, 15) is 9.59 Å². The molecule has 0 radical (unpaired) electrons. The van der Waals surface area contributed by atoms with Crippen LogP contribution >= 0.6 is 0 Å². The van der Waals surface area contributed by atoms with E-state index in [0.29, 0.717) is 30.5 Å². The number of imide groups is 1. The minimum Gasteiger partial charge on any atom is -0.361 e. The van der Waals surface area contributed by atoms with Crippen molar-refractivity contribution in [1.29, 1.82) is 0 Å². The van der Waals surface area contributed by atoms with Crippen LogP contribution < -0.4 is 0 Å². The van der Waals surface area contributed by atoms with Crippen LogP contribution in [0.25, 0.3) is 0 Å². The van der Waals surface area contributed by atoms with Gasteiger partial charge < -0.3 is 4.52 Å². The molecule has 0 aromatic carbocycles. The highest BCUT2D eigenvalue weighted by molar-refractivity contribution is 6.20. The van der Waals surface area contributed by atoms with Crippen molar-refractivity contribution in [2.24, 2.45) is 0 Å². The predicted octanol–water partition coefficient (Wildman–Crippen LogP) is 1.85. The van der Waals surface area contributed by atoms with Gasteiger partial charge in [0, 0.05) is 23.3 Å². The molecule has 2 amide bonds. The third kappa shape index (κ3) is 1.90. The summed E-state index contributed by atoms with van der Waals surface area (Å²) in [5.74, 6) is 0.438. The molecular formula is C15H16N2O3. The van der Waals surface area contributed by atoms with Crippen LogP contribution in [0.5, 0.6) is 0 Å². The number of rotatable bonds is 3. The molecule has 0 saturated heterocycles. The van der Waals surface area contributed by atoms with Crippen LogP contribution in [0.1, 0.15) is 29.9 Å². The van der Waals surface area contributed by atoms with Gasteiger partial charge >= 0.3 is 0 Å². The number of aryl methyl sites for hydroxylation is 2. The van der Waals surface area contributed by atoms with Crippen LogP contribution in [0, 0.1) is 13.8 Å². The molecule has 1 aliphatic carbocycles. The fraction of sp³-hybridized carbons (Fsp3) is 0.400. The lowest BCUT2D eigenvalue weighted by Crippen LogP contribution is -2.33. The highest BCUT2D eigenvalue weighted by atomic mass is 16.5. The first-order valence-electron chi connectivity index (χ1n) is 6.77. The molecule has 3 rings (SSSR count). The third-order valence-corrected chi connectivity index (χ3v) is 3.92. The van der Waals surface area contributed by atoms with Gasteiger partial charge in [-0.1, -0.05) is 17.3 Å². The van der Waals surface area contributed by atoms with Gasteiger partial charge in [-0.05, 0) is 33.1 Å². The Bertz CT molecular complexity index is 633. The van der Waals surface area contributed by atoms with Crippen molar-refractivity contribution in [3.05, 3.63) is 40.3 Å². The molecule has 1 aliphatic heterocycles. The molecule has 2 heterocycles. The lowest BCUT2D eigenvalue weighted by molar-refractivity contribution is -0.137. The first kappa shape index (κ1) is 12.8. The van der Waals surface area contributed by atoms with Gasteiger partial charge in [-0.15, -0.1) is 0 Å². The zero-order valence-corrected chi connectivity index (χ0v) is 11.6. The van der Waals surface area contributed by atoms with Crippen LogP contribution in [-0.2, 0) is 16.0 Å². The van der Waals surface area contributed by atoms with Crippen molar-refractivity contribution in [3.63, 3.8) is 0 Å². The van der Waals surface area contributed by atoms with Gasteiger partial charge in [0.05, 0.1) is 5.69 Å². The average Bonchev–Trinajstić information content (AvgIpc) is 2.89. The Morgan fingerprint density at radius 2 is 2.10 bits per heavy atom. The molecule has 104 valence electrons. The van der Waals surface area contributed by atoms with Crippen LogP contribution in [0.15, 0.2) is 27.8 Å². The van der Waals surface area contributed by atoms with Gasteiger partial charge in [0.1, 0.15) is 5.76 Å². The molecule has 2 aliphatic rings. The Hall–Kier alpha value is -2.17. The predicted molar refractivity (Wildman–Crippen MR) is 71.8 cm³/mol. The van der Waals surface area contributed by atoms with Crippen molar-refractivity contribution in [2.75, 3.05) is 6.54 Å². The van der Waals surface area contributed by atoms with Crippen LogP contribution in [0.2, 0.25) is 0 Å². The molecule has 0 unspecified atom stereocenters. The second kappa shape index (κ2) is 4.74. The molecule has 5 nitrogen and oxygen atoms in total. The van der Waals surface area contributed by atoms with E-state index >= 15 is 0 Å². The Kier molecular flexibility index (Phi) is 3.04. The summed E-state index contributed by atoms with van der Waals surface area (Å²) >= 11 is 0. The van der Waals surface area contributed by atoms with Gasteiger partial charge in [0.15, 0.2) is 0 Å². The van der Waals surface area contributed by atoms with E-state index in [0.717, 1.165) is 23.4 Å². The summed E-state index contributed by atoms with van der Waals surface area (Å²) in [7, 11) is 0. The quantitative estimate of drug-likeness (QED) is 0.788. The van der Waals surface area contributed by atoms with Crippen LogP contribution in [0.4, 0.5) is 0 Å². The molecule has 20 heavy (non-hydrogen) atoms. The van der Waals surface area contributed by atoms with Crippen LogP contribution in [0.3, 0.4) is 0 Å². The molecule has 0 N–H and O–H groups in total. The summed E-state index contributed by atoms with van der Waals surface area (Å²) in [5.41, 5.74) is 3.03. The zero-order valence-electron chi connectivity index (χ0n) is 11.6. The third-order valence-electron chi connectivity index (χ3n) is 3.92. The largest absolute Gasteiger partial charge is 0.361 e. The second-order valence-corrected chi connectivity index (χ2v) is 5.15. The summed E-state index contributed by atoms with van der Waals surface area (Å²) in [4.78, 5) is 25.8. The standard InChI is InChI=1S/C15H16N2O3/c1-9-11(10(2)20-16-9)7-8-17-14(18)12-5-3-4-6-13(12)15(17)19/h3,5H,4,6-8H2,1-2H3. The summed E-state index contributed by atoms with van der Waals surface area (Å²) in [5, 5.41) is 3.89. The smallest absolute Gasteiger partial charge is 0.261 e. The number of amides is 2. The zero-order chi connectivity index (χ0) is 14.3. The number of allylic oxidation sites excluding steroid dienone is 1. The SMILES string of the molecule is Cc1noc(C)c1CCN1C(=O)C2=C(CCC=C2)C1=O. The Morgan fingerprint density at radius 1 is 1.30 bits per heavy atom. The highest BCUT2D eigenvalue weighted by Crippen LogP contribution is 2.29. The van der Waals surface area contributed by atoms with Gasteiger partial charge in [0.2, 0.25) is 0 Å². The van der Waals surface area contributed by atoms with Crippen molar-refractivity contribution in [2.45, 2.75) is 33.1 Å². The lowest BCUT2D eigenvalue weighted by Gasteiger charge is -2.14. The lowest BCUT2D eigenvalue weighted by atomic mass is 10.00. The van der Waals surface area contributed by atoms with Crippen LogP contribution in [-0.4, -0.2) is 28.4 Å². The van der Waals surface area contributed by atoms with E-state index in [4.69, 9.17) is 4.52 Å². The minimum atomic E-state index is -0.173. The van der Waals surface area contributed by atoms with E-state index < -0.39 is 0 Å². The number of carbonyl (C=O) groups is 2. The number of hydrogen-bond donors (Lipinski definition) is 0. The van der Waals surface area contributed by atoms with Crippen molar-refractivity contribution >= 4 is 11.8 Å². The molecule has 5 heteroatoms. The van der Waals surface area contributed by atoms with Crippen molar-refractivity contribution in [3.8, 4) is 0 Å². The molecule has 0 saturated carbocycles. The van der Waals surface area contributed by atoms with E-state index in [2.05, 4.69) is 5.16 Å². The van der Waals surface area contributed by atoms with E-state index in [1.807, 2.05) is 19.9 Å². The number of hydrogen-bond acceptors (Lipinski definition) is 4. The Balaban J connectivity index is 1.76. The fourth-order valence-corrected chi connectivity index (χ4v) is 2.77. The Labute approximate surface area is 116 Å². The topological polar surface area (TPSA) is 63.4 Å². The molecule has 0 fully saturated rings. The summed E-state index contributed by atoms with van der Waals surface area (Å²) < 4.78 is 5.10. The fourth-order valence-electron chi connectivity index (χ4n) is 2.77. The average molecular weight is 272 g/mol. The first-order valence-corrected chi connectivity index (χ1v) is 6.77. The molecule has 0 atom stereocenters. The Morgan fingerprint density at radius 3 is 2.75 bits per heavy atom. The van der Waals surface area contributed by atoms with Gasteiger partial charge in [-0.3, -0.25) is 14.5 Å². The minimum absolute atomic E-state index is 0.138. The highest BCUT2D eigenvalue weighted by Gasteiger charge is 2.37. The molecule has 0 spiro atoms. The number of carbonyl (C=O) groups excluding carboxylic acids is 2. The first-order chi connectivity index (χ1) is 9.59. The van der Waals surface area contributed by atoms with E-state index in [-0.39, 0.29) is 11.8 Å². The van der Waals surface area contributed by atoms with Gasteiger partial charge in [-0.25, -0.2) is 0 Å². The molecule has 0 bridgehead atoms. The summed E-state index contributed by atoms with van der Waals surface area (Å²) in [6.45, 7) is 4.09. The molecular weight excluding hydrogens is 256 g/mol. The second-order valence-electron chi connectivity index (χ2n) is 5.15. The van der Waals surface area contributed by atoms with E-state index in [1.54, 1.807) is 6.08 Å². The van der Waals surface area contributed by atoms with Gasteiger partial charge in [0.25, 0.3) is 11.8 Å². The van der Waals surface area contributed by atoms with Crippen molar-refractivity contribution in [1.82, 2.24) is 10.1 Å². The normalized spacial score (nSPS) is 18.2. The monoisotopic (exact) mass is 272 g/mol. The maximum atomic E-state index is 12.3. The van der Waals surface area contributed by atoms with E-state index in [1.165, 1.54) is 4.90 Å². The molecule has 1 aromatic heterocycles. The maximum Gasteiger partial charge on any atom is 0.261 e. The van der Waals surface area contributed by atoms with Crippen molar-refractivity contribution < 1.29 is 14.1 Å². The number of aromatic nitrogens is 1. The van der Waals surface area contributed by atoms with Gasteiger partial charge in [-0.2, -0.15) is 0 Å². The molecule has 1 aromatic rings.